The second-order valence-electron chi connectivity index (χ2n) is 7.28. The lowest BCUT2D eigenvalue weighted by Gasteiger charge is -2.19. The van der Waals surface area contributed by atoms with Crippen LogP contribution in [-0.2, 0) is 14.3 Å². The van der Waals surface area contributed by atoms with Crippen LogP contribution in [0.25, 0.3) is 0 Å². The standard InChI is InChI=1S/C20H30N4O5/c1-20(2,3)29-19(28)23-13-10-16(25)21-11-7-12-22-17(26)14-24-18(27)15-8-5-4-6-9-15/h4-6,8-9H,7,10-14H2,1-3H3,(H,21,25)(H,22,26)(H,23,28)(H,24,27). The summed E-state index contributed by atoms with van der Waals surface area (Å²) in [5.41, 5.74) is -0.0922. The molecule has 0 unspecified atom stereocenters. The zero-order valence-electron chi connectivity index (χ0n) is 17.2. The second kappa shape index (κ2) is 12.4. The largest absolute Gasteiger partial charge is 0.444 e. The molecule has 0 fully saturated rings. The van der Waals surface area contributed by atoms with Gasteiger partial charge in [-0.15, -0.1) is 0 Å². The molecule has 0 atom stereocenters. The lowest BCUT2D eigenvalue weighted by Crippen LogP contribution is -2.38. The lowest BCUT2D eigenvalue weighted by atomic mass is 10.2. The van der Waals surface area contributed by atoms with Crippen molar-refractivity contribution < 1.29 is 23.9 Å². The quantitative estimate of drug-likeness (QED) is 0.431. The number of benzene rings is 1. The molecule has 0 aliphatic heterocycles. The SMILES string of the molecule is CC(C)(C)OC(=O)NCCC(=O)NCCCNC(=O)CNC(=O)c1ccccc1. The number of alkyl carbamates (subject to hydrolysis) is 1. The average Bonchev–Trinajstić information content (AvgIpc) is 2.65. The summed E-state index contributed by atoms with van der Waals surface area (Å²) in [6, 6.07) is 8.63. The Morgan fingerprint density at radius 3 is 2.07 bits per heavy atom. The van der Waals surface area contributed by atoms with Crippen molar-refractivity contribution in [1.29, 1.82) is 0 Å². The van der Waals surface area contributed by atoms with E-state index in [4.69, 9.17) is 4.74 Å². The number of ether oxygens (including phenoxy) is 1. The zero-order chi connectivity index (χ0) is 21.7. The monoisotopic (exact) mass is 406 g/mol. The summed E-state index contributed by atoms with van der Waals surface area (Å²) in [4.78, 5) is 46.7. The third-order valence-corrected chi connectivity index (χ3v) is 3.46. The van der Waals surface area contributed by atoms with E-state index in [0.29, 0.717) is 25.1 Å². The van der Waals surface area contributed by atoms with E-state index in [1.54, 1.807) is 51.1 Å². The Bertz CT molecular complexity index is 686. The minimum Gasteiger partial charge on any atom is -0.444 e. The number of carbonyl (C=O) groups is 4. The molecule has 0 bridgehead atoms. The van der Waals surface area contributed by atoms with Crippen molar-refractivity contribution in [3.63, 3.8) is 0 Å². The van der Waals surface area contributed by atoms with E-state index in [1.165, 1.54) is 0 Å². The number of nitrogens with one attached hydrogen (secondary N) is 4. The van der Waals surface area contributed by atoms with Crippen molar-refractivity contribution in [2.24, 2.45) is 0 Å². The maximum atomic E-state index is 11.8. The Morgan fingerprint density at radius 1 is 0.828 bits per heavy atom. The van der Waals surface area contributed by atoms with Gasteiger partial charge in [-0.2, -0.15) is 0 Å². The Hall–Kier alpha value is -3.10. The van der Waals surface area contributed by atoms with Crippen LogP contribution in [0, 0.1) is 0 Å². The van der Waals surface area contributed by atoms with Crippen molar-refractivity contribution in [2.75, 3.05) is 26.2 Å². The Kier molecular flexibility index (Phi) is 10.2. The topological polar surface area (TPSA) is 126 Å². The molecule has 160 valence electrons. The normalized spacial score (nSPS) is 10.6. The van der Waals surface area contributed by atoms with Gasteiger partial charge in [0.25, 0.3) is 5.91 Å². The molecule has 0 heterocycles. The predicted octanol–water partition coefficient (Wildman–Crippen LogP) is 0.954. The Morgan fingerprint density at radius 2 is 1.45 bits per heavy atom. The number of hydrogen-bond acceptors (Lipinski definition) is 5. The number of hydrogen-bond donors (Lipinski definition) is 4. The summed E-state index contributed by atoms with van der Waals surface area (Å²) >= 11 is 0. The predicted molar refractivity (Wildman–Crippen MR) is 108 cm³/mol. The van der Waals surface area contributed by atoms with E-state index in [-0.39, 0.29) is 37.2 Å². The summed E-state index contributed by atoms with van der Waals surface area (Å²) in [7, 11) is 0. The first-order valence-corrected chi connectivity index (χ1v) is 9.51. The summed E-state index contributed by atoms with van der Waals surface area (Å²) in [6.45, 7) is 6.10. The van der Waals surface area contributed by atoms with Gasteiger partial charge in [-0.3, -0.25) is 14.4 Å². The van der Waals surface area contributed by atoms with E-state index in [1.807, 2.05) is 0 Å². The summed E-state index contributed by atoms with van der Waals surface area (Å²) in [6.07, 6.45) is 0.119. The fourth-order valence-corrected chi connectivity index (χ4v) is 2.14. The molecule has 0 aromatic heterocycles. The van der Waals surface area contributed by atoms with E-state index < -0.39 is 11.7 Å². The highest BCUT2D eigenvalue weighted by Gasteiger charge is 2.15. The minimum atomic E-state index is -0.582. The van der Waals surface area contributed by atoms with Crippen molar-refractivity contribution in [3.05, 3.63) is 35.9 Å². The average molecular weight is 406 g/mol. The van der Waals surface area contributed by atoms with Gasteiger partial charge in [-0.1, -0.05) is 18.2 Å². The Balaban J connectivity index is 2.04. The van der Waals surface area contributed by atoms with Crippen LogP contribution in [0.1, 0.15) is 44.0 Å². The fourth-order valence-electron chi connectivity index (χ4n) is 2.14. The summed E-state index contributed by atoms with van der Waals surface area (Å²) in [5.74, 6) is -0.822. The number of amides is 4. The van der Waals surface area contributed by atoms with Crippen LogP contribution in [0.2, 0.25) is 0 Å². The molecule has 4 N–H and O–H groups in total. The number of carbonyl (C=O) groups excluding carboxylic acids is 4. The van der Waals surface area contributed by atoms with Gasteiger partial charge >= 0.3 is 6.09 Å². The molecule has 0 aliphatic rings. The molecular formula is C20H30N4O5. The molecule has 0 saturated heterocycles. The van der Waals surface area contributed by atoms with E-state index in [9.17, 15) is 19.2 Å². The van der Waals surface area contributed by atoms with Gasteiger partial charge in [-0.25, -0.2) is 4.79 Å². The van der Waals surface area contributed by atoms with Crippen LogP contribution in [0.4, 0.5) is 4.79 Å². The molecule has 9 heteroatoms. The maximum absolute atomic E-state index is 11.8. The second-order valence-corrected chi connectivity index (χ2v) is 7.28. The third kappa shape index (κ3) is 12.1. The van der Waals surface area contributed by atoms with Crippen molar-refractivity contribution in [1.82, 2.24) is 21.3 Å². The van der Waals surface area contributed by atoms with Crippen LogP contribution in [-0.4, -0.2) is 55.6 Å². The lowest BCUT2D eigenvalue weighted by molar-refractivity contribution is -0.121. The van der Waals surface area contributed by atoms with E-state index in [0.717, 1.165) is 0 Å². The minimum absolute atomic E-state index is 0.115. The molecule has 0 aliphatic carbocycles. The maximum Gasteiger partial charge on any atom is 0.407 e. The first kappa shape index (κ1) is 23.9. The van der Waals surface area contributed by atoms with Crippen LogP contribution in [0.15, 0.2) is 30.3 Å². The van der Waals surface area contributed by atoms with Crippen LogP contribution in [0.5, 0.6) is 0 Å². The van der Waals surface area contributed by atoms with Crippen LogP contribution in [0.3, 0.4) is 0 Å². The molecule has 1 aromatic carbocycles. The zero-order valence-corrected chi connectivity index (χ0v) is 17.2. The van der Waals surface area contributed by atoms with Crippen molar-refractivity contribution >= 4 is 23.8 Å². The fraction of sp³-hybridized carbons (Fsp3) is 0.500. The first-order valence-electron chi connectivity index (χ1n) is 9.51. The van der Waals surface area contributed by atoms with E-state index >= 15 is 0 Å². The molecular weight excluding hydrogens is 376 g/mol. The highest BCUT2D eigenvalue weighted by Crippen LogP contribution is 2.06. The van der Waals surface area contributed by atoms with Gasteiger partial charge in [-0.05, 0) is 39.3 Å². The van der Waals surface area contributed by atoms with Crippen LogP contribution >= 0.6 is 0 Å². The molecule has 1 aromatic rings. The molecule has 4 amide bonds. The highest BCUT2D eigenvalue weighted by molar-refractivity contribution is 5.96. The Labute approximate surface area is 170 Å². The van der Waals surface area contributed by atoms with Gasteiger partial charge in [0.15, 0.2) is 0 Å². The van der Waals surface area contributed by atoms with Crippen LogP contribution < -0.4 is 21.3 Å². The molecule has 1 rings (SSSR count). The molecule has 29 heavy (non-hydrogen) atoms. The van der Waals surface area contributed by atoms with Gasteiger partial charge in [0.05, 0.1) is 6.54 Å². The molecule has 9 nitrogen and oxygen atoms in total. The first-order chi connectivity index (χ1) is 13.7. The summed E-state index contributed by atoms with van der Waals surface area (Å²) < 4.78 is 5.07. The van der Waals surface area contributed by atoms with Gasteiger partial charge < -0.3 is 26.0 Å². The smallest absolute Gasteiger partial charge is 0.407 e. The third-order valence-electron chi connectivity index (χ3n) is 3.46. The number of rotatable bonds is 10. The van der Waals surface area contributed by atoms with Gasteiger partial charge in [0.2, 0.25) is 11.8 Å². The van der Waals surface area contributed by atoms with Gasteiger partial charge in [0.1, 0.15) is 5.60 Å². The van der Waals surface area contributed by atoms with Gasteiger partial charge in [0, 0.05) is 31.6 Å². The molecule has 0 spiro atoms. The van der Waals surface area contributed by atoms with Crippen molar-refractivity contribution in [2.45, 2.75) is 39.2 Å². The molecule has 0 saturated carbocycles. The summed E-state index contributed by atoms with van der Waals surface area (Å²) in [5, 5.41) is 10.4. The van der Waals surface area contributed by atoms with E-state index in [2.05, 4.69) is 21.3 Å². The highest BCUT2D eigenvalue weighted by atomic mass is 16.6. The van der Waals surface area contributed by atoms with Crippen molar-refractivity contribution in [3.8, 4) is 0 Å². The molecule has 0 radical (unpaired) electrons.